The maximum absolute atomic E-state index is 4.86. The smallest absolute Gasteiger partial charge is 0.184 e. The lowest BCUT2D eigenvalue weighted by atomic mass is 11.0. The Kier molecular flexibility index (Phi) is 4.04. The van der Waals surface area contributed by atoms with Gasteiger partial charge in [-0.3, -0.25) is 0 Å². The van der Waals surface area contributed by atoms with Gasteiger partial charge in [-0.2, -0.15) is 0 Å². The zero-order valence-corrected chi connectivity index (χ0v) is 4.70. The van der Waals surface area contributed by atoms with E-state index in [1.807, 2.05) is 0 Å². The Labute approximate surface area is 47.5 Å². The van der Waals surface area contributed by atoms with Crippen LogP contribution in [-0.4, -0.2) is 13.7 Å². The minimum atomic E-state index is 0.382. The molecular weight excluding hydrogens is 108 g/mol. The van der Waals surface area contributed by atoms with E-state index in [9.17, 15) is 0 Å². The molecule has 0 aromatic heterocycles. The molecule has 0 fully saturated rings. The average molecular weight is 118 g/mol. The van der Waals surface area contributed by atoms with Crippen LogP contribution >= 0.6 is 0 Å². The molecule has 0 aromatic rings. The summed E-state index contributed by atoms with van der Waals surface area (Å²) in [6.45, 7) is 0.382. The third-order valence-electron chi connectivity index (χ3n) is 0.602. The van der Waals surface area contributed by atoms with Gasteiger partial charge in [-0.25, -0.2) is 0 Å². The highest BCUT2D eigenvalue weighted by molar-refractivity contribution is 4.27. The highest BCUT2D eigenvalue weighted by Crippen LogP contribution is 1.55. The van der Waals surface area contributed by atoms with Crippen molar-refractivity contribution in [1.82, 2.24) is 0 Å². The van der Waals surface area contributed by atoms with Crippen molar-refractivity contribution in [1.29, 1.82) is 0 Å². The Hall–Kier alpha value is -0.720. The Balaban J connectivity index is 3.10. The summed E-state index contributed by atoms with van der Waals surface area (Å²) in [6, 6.07) is 0. The fourth-order valence-corrected chi connectivity index (χ4v) is 0.184. The lowest BCUT2D eigenvalue weighted by Crippen LogP contribution is -3.05. The predicted molar refractivity (Wildman–Crippen MR) is 28.3 cm³/mol. The van der Waals surface area contributed by atoms with Gasteiger partial charge in [-0.05, 0) is 0 Å². The summed E-state index contributed by atoms with van der Waals surface area (Å²) in [6.07, 6.45) is 0. The Morgan fingerprint density at radius 3 is 2.75 bits per heavy atom. The van der Waals surface area contributed by atoms with Crippen LogP contribution in [0.1, 0.15) is 0 Å². The molecule has 0 aliphatic heterocycles. The Morgan fingerprint density at radius 1 is 1.75 bits per heavy atom. The van der Waals surface area contributed by atoms with Crippen molar-refractivity contribution in [2.45, 2.75) is 0 Å². The molecule has 0 amide bonds. The fraction of sp³-hybridized carbons (Fsp3) is 1.00. The molecule has 8 heavy (non-hydrogen) atoms. The number of quaternary nitrogens is 1. The van der Waals surface area contributed by atoms with E-state index in [0.29, 0.717) is 11.7 Å². The molecule has 6 nitrogen and oxygen atoms in total. The monoisotopic (exact) mass is 118 g/mol. The lowest BCUT2D eigenvalue weighted by Gasteiger charge is -2.18. The van der Waals surface area contributed by atoms with Crippen LogP contribution in [0.3, 0.4) is 0 Å². The summed E-state index contributed by atoms with van der Waals surface area (Å²) >= 11 is 0. The van der Waals surface area contributed by atoms with Gasteiger partial charge in [0.15, 0.2) is 6.67 Å². The SMILES string of the molecule is C[NH+](CN=NN)[N-]N. The molecule has 0 spiro atoms. The molecule has 0 rings (SSSR count). The first-order valence-corrected chi connectivity index (χ1v) is 2.11. The van der Waals surface area contributed by atoms with E-state index in [1.54, 1.807) is 7.05 Å². The van der Waals surface area contributed by atoms with Gasteiger partial charge >= 0.3 is 0 Å². The second kappa shape index (κ2) is 4.44. The van der Waals surface area contributed by atoms with Crippen molar-refractivity contribution in [3.63, 3.8) is 0 Å². The number of nitrogens with one attached hydrogen (secondary N) is 1. The molecule has 6 heteroatoms. The van der Waals surface area contributed by atoms with Crippen molar-refractivity contribution in [2.75, 3.05) is 13.7 Å². The average Bonchev–Trinajstić information content (AvgIpc) is 1.83. The van der Waals surface area contributed by atoms with E-state index in [1.165, 1.54) is 0 Å². The van der Waals surface area contributed by atoms with E-state index in [-0.39, 0.29) is 0 Å². The van der Waals surface area contributed by atoms with Gasteiger partial charge in [0.2, 0.25) is 0 Å². The number of nitrogens with zero attached hydrogens (tertiary/aromatic N) is 3. The van der Waals surface area contributed by atoms with Crippen LogP contribution in [0.15, 0.2) is 10.3 Å². The normalized spacial score (nSPS) is 14.8. The van der Waals surface area contributed by atoms with Crippen LogP contribution in [0.4, 0.5) is 0 Å². The van der Waals surface area contributed by atoms with Gasteiger partial charge < -0.3 is 22.2 Å². The van der Waals surface area contributed by atoms with Crippen LogP contribution in [0.2, 0.25) is 0 Å². The molecule has 0 radical (unpaired) electrons. The van der Waals surface area contributed by atoms with E-state index in [0.717, 1.165) is 0 Å². The summed E-state index contributed by atoms with van der Waals surface area (Å²) in [5, 5.41) is 7.15. The highest BCUT2D eigenvalue weighted by Gasteiger charge is 1.80. The van der Waals surface area contributed by atoms with Gasteiger partial charge in [0.05, 0.1) is 7.05 Å². The molecule has 0 bridgehead atoms. The zero-order valence-electron chi connectivity index (χ0n) is 4.70. The van der Waals surface area contributed by atoms with Gasteiger partial charge in [0.1, 0.15) is 0 Å². The van der Waals surface area contributed by atoms with Crippen LogP contribution in [0.5, 0.6) is 0 Å². The van der Waals surface area contributed by atoms with E-state index >= 15 is 0 Å². The molecule has 5 N–H and O–H groups in total. The largest absolute Gasteiger partial charge is 0.391 e. The highest BCUT2D eigenvalue weighted by atomic mass is 15.6. The van der Waals surface area contributed by atoms with Gasteiger partial charge in [-0.1, -0.05) is 5.22 Å². The summed E-state index contributed by atoms with van der Waals surface area (Å²) < 4.78 is 0. The zero-order chi connectivity index (χ0) is 6.41. The molecule has 0 aliphatic rings. The number of nitrogens with two attached hydrogens (primary N) is 2. The molecule has 0 heterocycles. The third-order valence-corrected chi connectivity index (χ3v) is 0.602. The van der Waals surface area contributed by atoms with E-state index in [2.05, 4.69) is 15.9 Å². The van der Waals surface area contributed by atoms with Crippen LogP contribution in [-0.2, 0) is 0 Å². The van der Waals surface area contributed by atoms with Gasteiger partial charge in [0, 0.05) is 0 Å². The molecule has 0 saturated heterocycles. The fourth-order valence-electron chi connectivity index (χ4n) is 0.184. The summed E-state index contributed by atoms with van der Waals surface area (Å²) in [4.78, 5) is 0. The van der Waals surface area contributed by atoms with Crippen molar-refractivity contribution < 1.29 is 5.01 Å². The molecule has 1 atom stereocenters. The summed E-state index contributed by atoms with van der Waals surface area (Å²) in [5.74, 6) is 9.55. The number of hydrogen-bond acceptors (Lipinski definition) is 3. The van der Waals surface area contributed by atoms with Gasteiger partial charge in [-0.15, -0.1) is 5.11 Å². The maximum Gasteiger partial charge on any atom is 0.184 e. The first-order valence-electron chi connectivity index (χ1n) is 2.11. The summed E-state index contributed by atoms with van der Waals surface area (Å²) in [5.41, 5.74) is 3.33. The maximum atomic E-state index is 4.86. The standard InChI is InChI=1S/C2H10N6/c1-8(7-4)2-5-6-3/h8H,2,4H2,1H3,(H2,3,5). The first-order chi connectivity index (χ1) is 3.81. The van der Waals surface area contributed by atoms with Crippen LogP contribution in [0.25, 0.3) is 5.53 Å². The van der Waals surface area contributed by atoms with Crippen molar-refractivity contribution in [3.8, 4) is 0 Å². The van der Waals surface area contributed by atoms with Crippen LogP contribution < -0.4 is 16.7 Å². The van der Waals surface area contributed by atoms with Crippen molar-refractivity contribution >= 4 is 0 Å². The Bertz CT molecular complexity index is 68.9. The third kappa shape index (κ3) is 3.47. The minimum Gasteiger partial charge on any atom is -0.391 e. The lowest BCUT2D eigenvalue weighted by molar-refractivity contribution is -0.841. The van der Waals surface area contributed by atoms with Crippen molar-refractivity contribution in [3.05, 3.63) is 5.53 Å². The van der Waals surface area contributed by atoms with E-state index < -0.39 is 0 Å². The molecule has 0 saturated carbocycles. The summed E-state index contributed by atoms with van der Waals surface area (Å²) in [7, 11) is 1.74. The molecule has 0 aliphatic carbocycles. The van der Waals surface area contributed by atoms with E-state index in [4.69, 9.17) is 11.7 Å². The molecular formula is C2H10N6. The molecule has 1 unspecified atom stereocenters. The predicted octanol–water partition coefficient (Wildman–Crippen LogP) is -2.05. The topological polar surface area (TPSA) is 95.3 Å². The Morgan fingerprint density at radius 2 is 2.38 bits per heavy atom. The number of rotatable bonds is 3. The quantitative estimate of drug-likeness (QED) is 0.226. The van der Waals surface area contributed by atoms with Crippen molar-refractivity contribution in [2.24, 2.45) is 22.0 Å². The number of hydrogen-bond donors (Lipinski definition) is 3. The van der Waals surface area contributed by atoms with Crippen LogP contribution in [0, 0.1) is 0 Å². The molecule has 48 valence electrons. The first kappa shape index (κ1) is 7.28. The second-order valence-electron chi connectivity index (χ2n) is 1.28. The molecule has 0 aromatic carbocycles. The second-order valence-corrected chi connectivity index (χ2v) is 1.28. The minimum absolute atomic E-state index is 0.382. The van der Waals surface area contributed by atoms with Gasteiger partial charge in [0.25, 0.3) is 0 Å².